The van der Waals surface area contributed by atoms with Crippen LogP contribution in [0.1, 0.15) is 28.5 Å². The van der Waals surface area contributed by atoms with Gasteiger partial charge in [-0.25, -0.2) is 0 Å². The molecule has 18 heavy (non-hydrogen) atoms. The van der Waals surface area contributed by atoms with Gasteiger partial charge in [0, 0.05) is 11.9 Å². The monoisotopic (exact) mass is 253 g/mol. The second kappa shape index (κ2) is 3.37. The summed E-state index contributed by atoms with van der Waals surface area (Å²) in [6, 6.07) is 5.11. The summed E-state index contributed by atoms with van der Waals surface area (Å²) in [4.78, 5) is 11.6. The number of benzene rings is 1. The molecule has 0 N–H and O–H groups in total. The molecular formula is C13H10F3NO. The summed E-state index contributed by atoms with van der Waals surface area (Å²) in [6.07, 6.45) is -3.91. The Labute approximate surface area is 101 Å². The van der Waals surface area contributed by atoms with Crippen LogP contribution in [0, 0.1) is 0 Å². The van der Waals surface area contributed by atoms with E-state index in [1.54, 1.807) is 12.1 Å². The van der Waals surface area contributed by atoms with Gasteiger partial charge in [-0.2, -0.15) is 13.2 Å². The predicted molar refractivity (Wildman–Crippen MR) is 60.6 cm³/mol. The number of aromatic nitrogens is 1. The van der Waals surface area contributed by atoms with Gasteiger partial charge in [0.1, 0.15) is 5.69 Å². The molecular weight excluding hydrogens is 243 g/mol. The van der Waals surface area contributed by atoms with Crippen molar-refractivity contribution in [3.8, 4) is 0 Å². The first-order valence-corrected chi connectivity index (χ1v) is 5.63. The van der Waals surface area contributed by atoms with Gasteiger partial charge >= 0.3 is 6.18 Å². The van der Waals surface area contributed by atoms with Crippen LogP contribution in [0.15, 0.2) is 18.2 Å². The molecule has 94 valence electrons. The van der Waals surface area contributed by atoms with Crippen LogP contribution >= 0.6 is 0 Å². The van der Waals surface area contributed by atoms with Crippen molar-refractivity contribution in [3.63, 3.8) is 0 Å². The molecule has 0 saturated heterocycles. The molecule has 1 aromatic heterocycles. The number of Topliss-reactive ketones (excluding diaryl/α,β-unsaturated/α-hetero) is 1. The van der Waals surface area contributed by atoms with Gasteiger partial charge < -0.3 is 4.57 Å². The first-order chi connectivity index (χ1) is 8.41. The fourth-order valence-corrected chi connectivity index (χ4v) is 2.79. The van der Waals surface area contributed by atoms with Crippen LogP contribution < -0.4 is 0 Å². The Hall–Kier alpha value is -1.78. The number of carbonyl (C=O) groups excluding carboxylic acids is 1. The van der Waals surface area contributed by atoms with Crippen LogP contribution in [0.4, 0.5) is 13.2 Å². The van der Waals surface area contributed by atoms with Crippen LogP contribution in [-0.2, 0) is 19.1 Å². The molecule has 3 rings (SSSR count). The fraction of sp³-hybridized carbons (Fsp3) is 0.308. The summed E-state index contributed by atoms with van der Waals surface area (Å²) in [5.74, 6) is -0.537. The molecule has 5 heteroatoms. The number of carbonyl (C=O) groups is 1. The number of aryl methyl sites for hydroxylation is 2. The third-order valence-electron chi connectivity index (χ3n) is 3.39. The summed E-state index contributed by atoms with van der Waals surface area (Å²) in [5.41, 5.74) is 0.453. The second-order valence-electron chi connectivity index (χ2n) is 4.49. The lowest BCUT2D eigenvalue weighted by Crippen LogP contribution is -2.16. The molecule has 0 spiro atoms. The molecule has 1 aliphatic heterocycles. The molecule has 0 bridgehead atoms. The molecule has 2 aromatic rings. The number of para-hydroxylation sites is 1. The van der Waals surface area contributed by atoms with Crippen molar-refractivity contribution >= 4 is 16.7 Å². The third-order valence-corrected chi connectivity index (χ3v) is 3.39. The van der Waals surface area contributed by atoms with E-state index in [2.05, 4.69) is 0 Å². The average Bonchev–Trinajstić information content (AvgIpc) is 2.81. The lowest BCUT2D eigenvalue weighted by atomic mass is 10.0. The van der Waals surface area contributed by atoms with Crippen LogP contribution in [0.25, 0.3) is 10.9 Å². The van der Waals surface area contributed by atoms with E-state index in [9.17, 15) is 18.0 Å². The summed E-state index contributed by atoms with van der Waals surface area (Å²) in [5, 5.41) is 0.421. The van der Waals surface area contributed by atoms with E-state index in [-0.39, 0.29) is 12.1 Å². The molecule has 0 aliphatic carbocycles. The number of halogens is 3. The number of hydrogen-bond donors (Lipinski definition) is 0. The normalized spacial score (nSPS) is 14.4. The quantitative estimate of drug-likeness (QED) is 0.714. The van der Waals surface area contributed by atoms with Crippen molar-refractivity contribution in [3.05, 3.63) is 35.0 Å². The summed E-state index contributed by atoms with van der Waals surface area (Å²) in [7, 11) is 0. The first kappa shape index (κ1) is 11.3. The number of hydrogen-bond acceptors (Lipinski definition) is 1. The minimum absolute atomic E-state index is 0.195. The molecule has 0 unspecified atom stereocenters. The van der Waals surface area contributed by atoms with Gasteiger partial charge in [-0.3, -0.25) is 4.79 Å². The van der Waals surface area contributed by atoms with E-state index in [1.165, 1.54) is 11.5 Å². The standard InChI is InChI=1S/C13H10F3NO/c1-7(18)10-9-4-2-3-8-5-6-17(11(8)9)12(10)13(14,15)16/h2-4H,5-6H2,1H3. The van der Waals surface area contributed by atoms with Crippen molar-refractivity contribution in [2.24, 2.45) is 0 Å². The third kappa shape index (κ3) is 1.33. The number of nitrogens with zero attached hydrogens (tertiary/aromatic N) is 1. The molecule has 2 heterocycles. The Kier molecular flexibility index (Phi) is 2.12. The van der Waals surface area contributed by atoms with Crippen molar-refractivity contribution in [1.82, 2.24) is 4.57 Å². The zero-order valence-corrected chi connectivity index (χ0v) is 9.64. The van der Waals surface area contributed by atoms with Gasteiger partial charge in [0.15, 0.2) is 5.78 Å². The number of alkyl halides is 3. The molecule has 1 aliphatic rings. The summed E-state index contributed by atoms with van der Waals surface area (Å²) in [6.45, 7) is 1.47. The second-order valence-corrected chi connectivity index (χ2v) is 4.49. The SMILES string of the molecule is CC(=O)c1c(C(F)(F)F)n2c3c(cccc13)CC2. The molecule has 1 aromatic carbocycles. The topological polar surface area (TPSA) is 22.0 Å². The Balaban J connectivity index is 2.51. The van der Waals surface area contributed by atoms with Gasteiger partial charge in [0.2, 0.25) is 0 Å². The first-order valence-electron chi connectivity index (χ1n) is 5.63. The summed E-state index contributed by atoms with van der Waals surface area (Å²) < 4.78 is 40.7. The van der Waals surface area contributed by atoms with Crippen LogP contribution in [-0.4, -0.2) is 10.4 Å². The lowest BCUT2D eigenvalue weighted by molar-refractivity contribution is -0.143. The van der Waals surface area contributed by atoms with Crippen molar-refractivity contribution < 1.29 is 18.0 Å². The lowest BCUT2D eigenvalue weighted by Gasteiger charge is -2.11. The Morgan fingerprint density at radius 1 is 1.33 bits per heavy atom. The molecule has 0 atom stereocenters. The van der Waals surface area contributed by atoms with E-state index < -0.39 is 17.7 Å². The minimum Gasteiger partial charge on any atom is -0.336 e. The maximum absolute atomic E-state index is 13.1. The Morgan fingerprint density at radius 2 is 2.06 bits per heavy atom. The number of rotatable bonds is 1. The van der Waals surface area contributed by atoms with E-state index in [4.69, 9.17) is 0 Å². The Bertz CT molecular complexity index is 667. The zero-order valence-electron chi connectivity index (χ0n) is 9.64. The van der Waals surface area contributed by atoms with Crippen molar-refractivity contribution in [2.75, 3.05) is 0 Å². The predicted octanol–water partition coefficient (Wildman–Crippen LogP) is 3.42. The minimum atomic E-state index is -4.50. The Morgan fingerprint density at radius 3 is 2.67 bits per heavy atom. The van der Waals surface area contributed by atoms with Gasteiger partial charge in [-0.15, -0.1) is 0 Å². The molecule has 0 amide bonds. The van der Waals surface area contributed by atoms with Crippen LogP contribution in [0.2, 0.25) is 0 Å². The van der Waals surface area contributed by atoms with E-state index in [0.717, 1.165) is 5.56 Å². The highest BCUT2D eigenvalue weighted by atomic mass is 19.4. The van der Waals surface area contributed by atoms with Gasteiger partial charge in [0.05, 0.1) is 11.1 Å². The summed E-state index contributed by atoms with van der Waals surface area (Å²) >= 11 is 0. The number of ketones is 1. The van der Waals surface area contributed by atoms with E-state index in [0.29, 0.717) is 17.3 Å². The van der Waals surface area contributed by atoms with Crippen molar-refractivity contribution in [2.45, 2.75) is 26.1 Å². The van der Waals surface area contributed by atoms with Gasteiger partial charge in [0.25, 0.3) is 0 Å². The fourth-order valence-electron chi connectivity index (χ4n) is 2.79. The van der Waals surface area contributed by atoms with E-state index >= 15 is 0 Å². The van der Waals surface area contributed by atoms with Crippen LogP contribution in [0.5, 0.6) is 0 Å². The highest BCUT2D eigenvalue weighted by Crippen LogP contribution is 2.41. The van der Waals surface area contributed by atoms with E-state index in [1.807, 2.05) is 6.07 Å². The van der Waals surface area contributed by atoms with Gasteiger partial charge in [-0.1, -0.05) is 18.2 Å². The van der Waals surface area contributed by atoms with Gasteiger partial charge in [-0.05, 0) is 18.9 Å². The zero-order chi connectivity index (χ0) is 13.1. The average molecular weight is 253 g/mol. The maximum atomic E-state index is 13.1. The maximum Gasteiger partial charge on any atom is 0.432 e. The largest absolute Gasteiger partial charge is 0.432 e. The molecule has 0 radical (unpaired) electrons. The highest BCUT2D eigenvalue weighted by Gasteiger charge is 2.41. The molecule has 0 saturated carbocycles. The highest BCUT2D eigenvalue weighted by molar-refractivity contribution is 6.09. The molecule has 0 fully saturated rings. The van der Waals surface area contributed by atoms with Crippen LogP contribution in [0.3, 0.4) is 0 Å². The molecule has 2 nitrogen and oxygen atoms in total. The smallest absolute Gasteiger partial charge is 0.336 e. The van der Waals surface area contributed by atoms with Crippen molar-refractivity contribution in [1.29, 1.82) is 0 Å².